The van der Waals surface area contributed by atoms with Crippen molar-refractivity contribution in [2.24, 2.45) is 0 Å². The summed E-state index contributed by atoms with van der Waals surface area (Å²) in [6.45, 7) is 5.05. The monoisotopic (exact) mass is 257 g/mol. The molecule has 2 aromatic rings. The van der Waals surface area contributed by atoms with Crippen molar-refractivity contribution in [3.8, 4) is 5.75 Å². The first-order chi connectivity index (χ1) is 9.16. The van der Waals surface area contributed by atoms with Crippen molar-refractivity contribution < 1.29 is 13.9 Å². The van der Waals surface area contributed by atoms with Gasteiger partial charge in [0.25, 0.3) is 5.91 Å². The number of amides is 1. The highest BCUT2D eigenvalue weighted by Gasteiger charge is 2.27. The second-order valence-electron chi connectivity index (χ2n) is 4.71. The van der Waals surface area contributed by atoms with Gasteiger partial charge in [-0.15, -0.1) is 0 Å². The number of aryl methyl sites for hydroxylation is 2. The molecule has 0 saturated carbocycles. The number of carbonyl (C=O) groups is 1. The summed E-state index contributed by atoms with van der Waals surface area (Å²) in [5, 5.41) is 0. The van der Waals surface area contributed by atoms with Crippen molar-refractivity contribution >= 4 is 11.6 Å². The van der Waals surface area contributed by atoms with Crippen LogP contribution >= 0.6 is 0 Å². The Morgan fingerprint density at radius 3 is 2.89 bits per heavy atom. The molecule has 0 radical (unpaired) electrons. The van der Waals surface area contributed by atoms with Crippen molar-refractivity contribution in [2.45, 2.75) is 13.8 Å². The normalized spacial score (nSPS) is 13.9. The van der Waals surface area contributed by atoms with Crippen LogP contribution in [-0.4, -0.2) is 19.1 Å². The number of ether oxygens (including phenoxy) is 1. The Morgan fingerprint density at radius 2 is 2.16 bits per heavy atom. The van der Waals surface area contributed by atoms with Crippen molar-refractivity contribution in [3.05, 3.63) is 47.4 Å². The standard InChI is InChI=1S/C15H15NO3/c1-10-8-11(2)14-13(9-10)19-7-5-16(14)15(17)12-4-3-6-18-12/h3-4,6,8-9H,5,7H2,1-2H3. The molecule has 1 aromatic carbocycles. The highest BCUT2D eigenvalue weighted by atomic mass is 16.5. The molecular weight excluding hydrogens is 242 g/mol. The fourth-order valence-corrected chi connectivity index (χ4v) is 2.47. The maximum Gasteiger partial charge on any atom is 0.294 e. The van der Waals surface area contributed by atoms with E-state index in [9.17, 15) is 4.79 Å². The van der Waals surface area contributed by atoms with E-state index in [1.54, 1.807) is 17.0 Å². The van der Waals surface area contributed by atoms with E-state index >= 15 is 0 Å². The molecular formula is C15H15NO3. The predicted octanol–water partition coefficient (Wildman–Crippen LogP) is 2.94. The van der Waals surface area contributed by atoms with Gasteiger partial charge in [0.05, 0.1) is 18.5 Å². The molecule has 0 unspecified atom stereocenters. The minimum atomic E-state index is -0.124. The first-order valence-electron chi connectivity index (χ1n) is 6.26. The number of carbonyl (C=O) groups excluding carboxylic acids is 1. The van der Waals surface area contributed by atoms with Crippen molar-refractivity contribution in [1.82, 2.24) is 0 Å². The van der Waals surface area contributed by atoms with Gasteiger partial charge in [0.2, 0.25) is 0 Å². The molecule has 1 aliphatic heterocycles. The fraction of sp³-hybridized carbons (Fsp3) is 0.267. The summed E-state index contributed by atoms with van der Waals surface area (Å²) in [5.41, 5.74) is 3.01. The first kappa shape index (κ1) is 11.8. The quantitative estimate of drug-likeness (QED) is 0.788. The number of furan rings is 1. The molecule has 98 valence electrons. The van der Waals surface area contributed by atoms with Gasteiger partial charge in [-0.05, 0) is 43.2 Å². The summed E-state index contributed by atoms with van der Waals surface area (Å²) < 4.78 is 10.9. The maximum absolute atomic E-state index is 12.4. The Balaban J connectivity index is 2.05. The zero-order chi connectivity index (χ0) is 13.4. The largest absolute Gasteiger partial charge is 0.490 e. The zero-order valence-corrected chi connectivity index (χ0v) is 11.0. The average Bonchev–Trinajstić information content (AvgIpc) is 2.90. The number of hydrogen-bond donors (Lipinski definition) is 0. The zero-order valence-electron chi connectivity index (χ0n) is 11.0. The molecule has 0 spiro atoms. The van der Waals surface area contributed by atoms with Crippen LogP contribution in [0.4, 0.5) is 5.69 Å². The van der Waals surface area contributed by atoms with Crippen molar-refractivity contribution in [2.75, 3.05) is 18.1 Å². The molecule has 0 saturated heterocycles. The Labute approximate surface area is 111 Å². The Morgan fingerprint density at radius 1 is 1.32 bits per heavy atom. The lowest BCUT2D eigenvalue weighted by Crippen LogP contribution is -2.38. The van der Waals surface area contributed by atoms with Gasteiger partial charge in [0.1, 0.15) is 12.4 Å². The van der Waals surface area contributed by atoms with E-state index in [1.165, 1.54) is 6.26 Å². The number of rotatable bonds is 1. The van der Waals surface area contributed by atoms with Crippen LogP contribution in [0.2, 0.25) is 0 Å². The molecule has 0 fully saturated rings. The number of hydrogen-bond acceptors (Lipinski definition) is 3. The Hall–Kier alpha value is -2.23. The van der Waals surface area contributed by atoms with Crippen LogP contribution in [0.3, 0.4) is 0 Å². The van der Waals surface area contributed by atoms with Crippen LogP contribution in [0, 0.1) is 13.8 Å². The van der Waals surface area contributed by atoms with Crippen LogP contribution in [0.5, 0.6) is 5.75 Å². The van der Waals surface area contributed by atoms with Gasteiger partial charge in [-0.1, -0.05) is 6.07 Å². The Bertz CT molecular complexity index is 617. The molecule has 0 aliphatic carbocycles. The van der Waals surface area contributed by atoms with Gasteiger partial charge >= 0.3 is 0 Å². The molecule has 19 heavy (non-hydrogen) atoms. The third kappa shape index (κ3) is 1.99. The lowest BCUT2D eigenvalue weighted by atomic mass is 10.1. The van der Waals surface area contributed by atoms with Crippen LogP contribution < -0.4 is 9.64 Å². The van der Waals surface area contributed by atoms with E-state index in [0.717, 1.165) is 22.6 Å². The van der Waals surface area contributed by atoms with E-state index in [2.05, 4.69) is 6.07 Å². The van der Waals surface area contributed by atoms with E-state index in [1.807, 2.05) is 19.9 Å². The lowest BCUT2D eigenvalue weighted by Gasteiger charge is -2.30. The number of fused-ring (bicyclic) bond motifs is 1. The number of anilines is 1. The van der Waals surface area contributed by atoms with Gasteiger partial charge in [-0.3, -0.25) is 9.69 Å². The third-order valence-electron chi connectivity index (χ3n) is 3.23. The number of nitrogens with zero attached hydrogens (tertiary/aromatic N) is 1. The van der Waals surface area contributed by atoms with Gasteiger partial charge in [0.15, 0.2) is 5.76 Å². The predicted molar refractivity (Wildman–Crippen MR) is 71.8 cm³/mol. The van der Waals surface area contributed by atoms with Crippen LogP contribution in [0.15, 0.2) is 34.9 Å². The summed E-state index contributed by atoms with van der Waals surface area (Å²) in [7, 11) is 0. The summed E-state index contributed by atoms with van der Waals surface area (Å²) in [6, 6.07) is 7.41. The molecule has 1 amide bonds. The smallest absolute Gasteiger partial charge is 0.294 e. The van der Waals surface area contributed by atoms with Crippen LogP contribution in [-0.2, 0) is 0 Å². The average molecular weight is 257 g/mol. The van der Waals surface area contributed by atoms with Crippen molar-refractivity contribution in [3.63, 3.8) is 0 Å². The van der Waals surface area contributed by atoms with Gasteiger partial charge in [-0.25, -0.2) is 0 Å². The van der Waals surface area contributed by atoms with Crippen LogP contribution in [0.1, 0.15) is 21.7 Å². The molecule has 1 aromatic heterocycles. The molecule has 2 heterocycles. The third-order valence-corrected chi connectivity index (χ3v) is 3.23. The summed E-state index contributed by atoms with van der Waals surface area (Å²) in [5.74, 6) is 0.998. The summed E-state index contributed by atoms with van der Waals surface area (Å²) in [4.78, 5) is 14.2. The topological polar surface area (TPSA) is 42.7 Å². The second kappa shape index (κ2) is 4.46. The van der Waals surface area contributed by atoms with E-state index < -0.39 is 0 Å². The highest BCUT2D eigenvalue weighted by molar-refractivity contribution is 6.05. The summed E-state index contributed by atoms with van der Waals surface area (Å²) >= 11 is 0. The minimum Gasteiger partial charge on any atom is -0.490 e. The molecule has 0 N–H and O–H groups in total. The SMILES string of the molecule is Cc1cc(C)c2c(c1)OCCN2C(=O)c1ccco1. The molecule has 4 nitrogen and oxygen atoms in total. The highest BCUT2D eigenvalue weighted by Crippen LogP contribution is 2.36. The van der Waals surface area contributed by atoms with Gasteiger partial charge in [-0.2, -0.15) is 0 Å². The Kier molecular flexibility index (Phi) is 2.78. The van der Waals surface area contributed by atoms with E-state index in [4.69, 9.17) is 9.15 Å². The summed E-state index contributed by atoms with van der Waals surface area (Å²) in [6.07, 6.45) is 1.51. The van der Waals surface area contributed by atoms with Gasteiger partial charge < -0.3 is 9.15 Å². The molecule has 0 atom stereocenters. The maximum atomic E-state index is 12.4. The van der Waals surface area contributed by atoms with Crippen LogP contribution in [0.25, 0.3) is 0 Å². The van der Waals surface area contributed by atoms with Gasteiger partial charge in [0, 0.05) is 0 Å². The molecule has 1 aliphatic rings. The van der Waals surface area contributed by atoms with E-state index in [-0.39, 0.29) is 5.91 Å². The first-order valence-corrected chi connectivity index (χ1v) is 6.26. The van der Waals surface area contributed by atoms with Crippen molar-refractivity contribution in [1.29, 1.82) is 0 Å². The minimum absolute atomic E-state index is 0.124. The molecule has 3 rings (SSSR count). The lowest BCUT2D eigenvalue weighted by molar-refractivity contribution is 0.0949. The number of benzene rings is 1. The van der Waals surface area contributed by atoms with E-state index in [0.29, 0.717) is 18.9 Å². The molecule has 4 heteroatoms. The molecule has 0 bridgehead atoms. The second-order valence-corrected chi connectivity index (χ2v) is 4.71. The fourth-order valence-electron chi connectivity index (χ4n) is 2.47.